The number of ether oxygens (including phenoxy) is 1. The first kappa shape index (κ1) is 26.7. The van der Waals surface area contributed by atoms with Crippen molar-refractivity contribution in [2.45, 2.75) is 24.5 Å². The van der Waals surface area contributed by atoms with Crippen molar-refractivity contribution < 1.29 is 65.4 Å². The molecule has 190 valence electrons. The third-order valence-corrected chi connectivity index (χ3v) is 8.14. The number of nitrogens with zero attached hydrogens (tertiary/aromatic N) is 1. The van der Waals surface area contributed by atoms with Gasteiger partial charge in [-0.3, -0.25) is 18.9 Å². The second-order valence-electron chi connectivity index (χ2n) is 6.45. The number of H-pyrrole nitrogens is 1. The Morgan fingerprint density at radius 3 is 2.35 bits per heavy atom. The average molecular weight is 550 g/mol. The largest absolute Gasteiger partial charge is 0.541 e. The predicted molar refractivity (Wildman–Crippen MR) is 104 cm³/mol. The minimum Gasteiger partial charge on any atom is -0.434 e. The molecule has 1 fully saturated rings. The van der Waals surface area contributed by atoms with Crippen molar-refractivity contribution >= 4 is 23.5 Å². The summed E-state index contributed by atoms with van der Waals surface area (Å²) in [5, 5.41) is 20.4. The van der Waals surface area contributed by atoms with Gasteiger partial charge >= 0.3 is 29.2 Å². The number of aromatic nitrogens is 2. The number of furan rings is 1. The van der Waals surface area contributed by atoms with Gasteiger partial charge in [-0.15, -0.1) is 0 Å². The lowest BCUT2D eigenvalue weighted by molar-refractivity contribution is -0.0541. The van der Waals surface area contributed by atoms with Crippen molar-refractivity contribution in [3.05, 3.63) is 51.5 Å². The lowest BCUT2D eigenvalue weighted by Gasteiger charge is -2.21. The van der Waals surface area contributed by atoms with Gasteiger partial charge in [0.15, 0.2) is 6.23 Å². The smallest absolute Gasteiger partial charge is 0.434 e. The molecule has 1 aliphatic rings. The van der Waals surface area contributed by atoms with Crippen LogP contribution in [0.1, 0.15) is 6.23 Å². The summed E-state index contributed by atoms with van der Waals surface area (Å²) in [7, 11) is -16.7. The zero-order valence-corrected chi connectivity index (χ0v) is 19.1. The van der Waals surface area contributed by atoms with Gasteiger partial charge in [-0.05, 0) is 6.07 Å². The minimum absolute atomic E-state index is 0.579. The van der Waals surface area contributed by atoms with Gasteiger partial charge in [0.05, 0.1) is 12.9 Å². The van der Waals surface area contributed by atoms with E-state index in [9.17, 15) is 38.4 Å². The quantitative estimate of drug-likeness (QED) is 0.197. The van der Waals surface area contributed by atoms with E-state index in [2.05, 4.69) is 8.62 Å². The fraction of sp³-hybridized carbons (Fsp3) is 0.385. The maximum atomic E-state index is 12.9. The maximum Gasteiger partial charge on any atom is 0.541 e. The Kier molecular flexibility index (Phi) is 7.84. The maximum absolute atomic E-state index is 12.9. The molecule has 1 saturated heterocycles. The van der Waals surface area contributed by atoms with Crippen molar-refractivity contribution in [2.75, 3.05) is 6.61 Å². The highest BCUT2D eigenvalue weighted by Crippen LogP contribution is 2.68. The van der Waals surface area contributed by atoms with Crippen LogP contribution in [0.3, 0.4) is 0 Å². The van der Waals surface area contributed by atoms with E-state index >= 15 is 0 Å². The molecule has 6 atom stereocenters. The van der Waals surface area contributed by atoms with E-state index in [1.54, 1.807) is 0 Å². The van der Waals surface area contributed by atoms with Crippen LogP contribution in [0.15, 0.2) is 44.7 Å². The number of nitrogens with one attached hydrogen (secondary N) is 1. The summed E-state index contributed by atoms with van der Waals surface area (Å²) in [5.74, 6) is -0.579. The number of rotatable bonds is 10. The zero-order valence-electron chi connectivity index (χ0n) is 16.4. The minimum atomic E-state index is -5.76. The van der Waals surface area contributed by atoms with E-state index in [0.717, 1.165) is 29.2 Å². The number of phosphoric ester groups is 1. The number of hydrogen-bond donors (Lipinski definition) is 6. The summed E-state index contributed by atoms with van der Waals surface area (Å²) in [6.07, 6.45) is -4.63. The lowest BCUT2D eigenvalue weighted by Crippen LogP contribution is -2.37. The van der Waals surface area contributed by atoms with Gasteiger partial charge in [0.2, 0.25) is 0 Å². The lowest BCUT2D eigenvalue weighted by atomic mass is 10.1. The fourth-order valence-electron chi connectivity index (χ4n) is 2.66. The van der Waals surface area contributed by atoms with Gasteiger partial charge in [0.1, 0.15) is 18.3 Å². The van der Waals surface area contributed by atoms with Crippen LogP contribution in [-0.2, 0) is 31.6 Å². The predicted octanol–water partition coefficient (Wildman–Crippen LogP) is -0.821. The average Bonchev–Trinajstić information content (AvgIpc) is 3.27. The van der Waals surface area contributed by atoms with Crippen molar-refractivity contribution in [3.63, 3.8) is 0 Å². The first-order valence-electron chi connectivity index (χ1n) is 8.80. The highest BCUT2D eigenvalue weighted by Gasteiger charge is 2.48. The number of aromatic amines is 1. The van der Waals surface area contributed by atoms with E-state index in [-0.39, 0.29) is 0 Å². The Labute approximate surface area is 187 Å². The topological polar surface area (TPSA) is 267 Å². The Bertz CT molecular complexity index is 1250. The highest BCUT2D eigenvalue weighted by atomic mass is 31.3. The SMILES string of the molecule is O=c1ccn([C@@H]2O[C@H](COP(=O)(Oc3ccco3)OP(=O)(O)OP(=O)(O)O)[C@@H](O)[C@H]2O)c(=O)[nH]1. The van der Waals surface area contributed by atoms with Gasteiger partial charge < -0.3 is 38.6 Å². The Morgan fingerprint density at radius 1 is 1.06 bits per heavy atom. The van der Waals surface area contributed by atoms with Crippen LogP contribution in [0.5, 0.6) is 5.95 Å². The molecule has 2 aromatic heterocycles. The summed E-state index contributed by atoms with van der Waals surface area (Å²) in [6, 6.07) is 3.25. The molecule has 3 rings (SSSR count). The molecule has 1 aliphatic heterocycles. The van der Waals surface area contributed by atoms with Crippen molar-refractivity contribution in [1.29, 1.82) is 0 Å². The molecular formula is C13H17N2O16P3. The van der Waals surface area contributed by atoms with Gasteiger partial charge in [-0.25, -0.2) is 18.5 Å². The second kappa shape index (κ2) is 9.99. The molecule has 18 nitrogen and oxygen atoms in total. The molecule has 0 bridgehead atoms. The third-order valence-electron chi connectivity index (χ3n) is 3.97. The van der Waals surface area contributed by atoms with Crippen LogP contribution < -0.4 is 15.8 Å². The van der Waals surface area contributed by atoms with Crippen molar-refractivity contribution in [2.24, 2.45) is 0 Å². The summed E-state index contributed by atoms with van der Waals surface area (Å²) < 4.78 is 63.7. The van der Waals surface area contributed by atoms with Gasteiger partial charge in [-0.1, -0.05) is 0 Å². The number of hydrogen-bond acceptors (Lipinski definition) is 13. The summed E-state index contributed by atoms with van der Waals surface area (Å²) >= 11 is 0. The van der Waals surface area contributed by atoms with Crippen LogP contribution in [0.4, 0.5) is 0 Å². The van der Waals surface area contributed by atoms with Crippen molar-refractivity contribution in [1.82, 2.24) is 9.55 Å². The Hall–Kier alpha value is -1.91. The van der Waals surface area contributed by atoms with Gasteiger partial charge in [0.25, 0.3) is 11.5 Å². The van der Waals surface area contributed by atoms with Gasteiger partial charge in [0, 0.05) is 18.3 Å². The third kappa shape index (κ3) is 6.82. The molecule has 0 aromatic carbocycles. The van der Waals surface area contributed by atoms with E-state index < -0.39 is 71.8 Å². The number of aliphatic hydroxyl groups excluding tert-OH is 2. The first-order valence-corrected chi connectivity index (χ1v) is 13.3. The van der Waals surface area contributed by atoms with E-state index in [0.29, 0.717) is 0 Å². The van der Waals surface area contributed by atoms with Gasteiger partial charge in [-0.2, -0.15) is 8.62 Å². The van der Waals surface area contributed by atoms with Crippen LogP contribution in [0.25, 0.3) is 0 Å². The summed E-state index contributed by atoms with van der Waals surface area (Å²) in [6.45, 7) is -0.985. The van der Waals surface area contributed by atoms with Crippen LogP contribution >= 0.6 is 23.5 Å². The van der Waals surface area contributed by atoms with E-state index in [1.165, 1.54) is 6.07 Å². The Balaban J connectivity index is 1.78. The molecule has 6 N–H and O–H groups in total. The molecule has 0 amide bonds. The van der Waals surface area contributed by atoms with Crippen LogP contribution in [0, 0.1) is 0 Å². The molecule has 2 unspecified atom stereocenters. The second-order valence-corrected chi connectivity index (χ2v) is 11.0. The van der Waals surface area contributed by atoms with Crippen LogP contribution in [-0.4, -0.2) is 59.4 Å². The highest BCUT2D eigenvalue weighted by molar-refractivity contribution is 7.67. The zero-order chi connectivity index (χ0) is 25.3. The molecule has 21 heteroatoms. The normalized spacial score (nSPS) is 26.6. The fourth-order valence-corrected chi connectivity index (χ4v) is 6.16. The first-order chi connectivity index (χ1) is 15.7. The molecule has 0 saturated carbocycles. The summed E-state index contributed by atoms with van der Waals surface area (Å²) in [5.41, 5.74) is -1.73. The molecule has 0 radical (unpaired) electrons. The molecule has 0 aliphatic carbocycles. The van der Waals surface area contributed by atoms with E-state index in [4.69, 9.17) is 28.0 Å². The molecule has 3 heterocycles. The number of aliphatic hydroxyl groups is 2. The number of phosphoric acid groups is 3. The Morgan fingerprint density at radius 2 is 1.76 bits per heavy atom. The summed E-state index contributed by atoms with van der Waals surface area (Å²) in [4.78, 5) is 52.0. The van der Waals surface area contributed by atoms with Crippen LogP contribution in [0.2, 0.25) is 0 Å². The standard InChI is InChI=1S/C13H17N2O16P3/c16-8-3-4-15(13(19)14-8)12-11(18)10(17)7(28-12)6-27-34(25,29-9-2-1-5-26-9)31-33(23,24)30-32(20,21)22/h1-5,7,10-12,17-18H,6H2,(H,23,24)(H,14,16,19)(H2,20,21,22)/t7-,10-,11-,12-,34?/m1/s1. The molecular weight excluding hydrogens is 533 g/mol. The molecule has 34 heavy (non-hydrogen) atoms. The molecule has 0 spiro atoms. The monoisotopic (exact) mass is 550 g/mol. The van der Waals surface area contributed by atoms with E-state index in [1.807, 2.05) is 4.98 Å². The van der Waals surface area contributed by atoms with Crippen molar-refractivity contribution in [3.8, 4) is 5.95 Å². The molecule has 2 aromatic rings.